The summed E-state index contributed by atoms with van der Waals surface area (Å²) in [6, 6.07) is 7.44. The first-order chi connectivity index (χ1) is 7.25. The summed E-state index contributed by atoms with van der Waals surface area (Å²) < 4.78 is 0. The van der Waals surface area contributed by atoms with Gasteiger partial charge in [-0.15, -0.1) is 11.3 Å². The topological polar surface area (TPSA) is 30.0 Å². The summed E-state index contributed by atoms with van der Waals surface area (Å²) in [5, 5.41) is 2.02. The lowest BCUT2D eigenvalue weighted by Gasteiger charge is -1.97. The molecule has 2 rings (SSSR count). The third-order valence-electron chi connectivity index (χ3n) is 2.10. The molecule has 0 aliphatic heterocycles. The number of thiophene rings is 1. The van der Waals surface area contributed by atoms with E-state index in [0.717, 1.165) is 5.56 Å². The monoisotopic (exact) mass is 217 g/mol. The van der Waals surface area contributed by atoms with Gasteiger partial charge in [-0.3, -0.25) is 9.78 Å². The van der Waals surface area contributed by atoms with Gasteiger partial charge in [0.2, 0.25) is 0 Å². The van der Waals surface area contributed by atoms with Crippen molar-refractivity contribution < 1.29 is 4.79 Å². The number of carbonyl (C=O) groups excluding carboxylic acids is 1. The zero-order valence-electron chi connectivity index (χ0n) is 8.43. The van der Waals surface area contributed by atoms with E-state index >= 15 is 0 Å². The lowest BCUT2D eigenvalue weighted by atomic mass is 10.1. The molecule has 0 spiro atoms. The Balaban J connectivity index is 2.11. The first kappa shape index (κ1) is 10.1. The molecule has 0 aromatic carbocycles. The van der Waals surface area contributed by atoms with Crippen LogP contribution in [0.3, 0.4) is 0 Å². The van der Waals surface area contributed by atoms with Gasteiger partial charge in [-0.1, -0.05) is 6.07 Å². The second-order valence-corrected chi connectivity index (χ2v) is 4.50. The van der Waals surface area contributed by atoms with Crippen LogP contribution in [0, 0.1) is 6.92 Å². The van der Waals surface area contributed by atoms with Crippen LogP contribution in [0.2, 0.25) is 0 Å². The lowest BCUT2D eigenvalue weighted by Crippen LogP contribution is -2.04. The van der Waals surface area contributed by atoms with Gasteiger partial charge in [0.25, 0.3) is 0 Å². The third kappa shape index (κ3) is 2.50. The van der Waals surface area contributed by atoms with Crippen molar-refractivity contribution in [2.75, 3.05) is 0 Å². The van der Waals surface area contributed by atoms with Crippen molar-refractivity contribution in [1.29, 1.82) is 0 Å². The summed E-state index contributed by atoms with van der Waals surface area (Å²) in [5.74, 6) is 0.0772. The molecule has 76 valence electrons. The van der Waals surface area contributed by atoms with Gasteiger partial charge in [-0.05, 0) is 36.1 Å². The van der Waals surface area contributed by atoms with E-state index in [-0.39, 0.29) is 5.78 Å². The number of hydrogen-bond donors (Lipinski definition) is 0. The van der Waals surface area contributed by atoms with E-state index in [1.807, 2.05) is 30.5 Å². The van der Waals surface area contributed by atoms with E-state index < -0.39 is 0 Å². The van der Waals surface area contributed by atoms with Crippen molar-refractivity contribution in [2.24, 2.45) is 0 Å². The van der Waals surface area contributed by atoms with Crippen molar-refractivity contribution >= 4 is 17.1 Å². The molecule has 0 saturated carbocycles. The molecule has 0 unspecified atom stereocenters. The Bertz CT molecular complexity index is 461. The van der Waals surface area contributed by atoms with Crippen LogP contribution < -0.4 is 0 Å². The van der Waals surface area contributed by atoms with Crippen molar-refractivity contribution in [3.05, 3.63) is 52.0 Å². The maximum atomic E-state index is 11.8. The number of carbonyl (C=O) groups is 1. The normalized spacial score (nSPS) is 10.2. The molecule has 0 atom stereocenters. The number of ketones is 1. The highest BCUT2D eigenvalue weighted by molar-refractivity contribution is 7.10. The largest absolute Gasteiger partial charge is 0.292 e. The van der Waals surface area contributed by atoms with Crippen LogP contribution in [0.1, 0.15) is 20.9 Å². The first-order valence-electron chi connectivity index (χ1n) is 4.74. The zero-order valence-corrected chi connectivity index (χ0v) is 9.25. The Morgan fingerprint density at radius 1 is 1.47 bits per heavy atom. The van der Waals surface area contributed by atoms with E-state index in [0.29, 0.717) is 12.1 Å². The standard InChI is InChI=1S/C12H11NOS/c1-9-6-10(8-15-9)7-12(14)11-4-2-3-5-13-11/h2-6,8H,7H2,1H3. The molecular formula is C12H11NOS. The minimum atomic E-state index is 0.0772. The van der Waals surface area contributed by atoms with Crippen LogP contribution in [-0.2, 0) is 6.42 Å². The van der Waals surface area contributed by atoms with Crippen molar-refractivity contribution in [2.45, 2.75) is 13.3 Å². The fourth-order valence-electron chi connectivity index (χ4n) is 1.39. The average molecular weight is 217 g/mol. The van der Waals surface area contributed by atoms with Crippen LogP contribution in [0.4, 0.5) is 0 Å². The molecule has 2 heterocycles. The Morgan fingerprint density at radius 3 is 2.93 bits per heavy atom. The van der Waals surface area contributed by atoms with Crippen LogP contribution in [0.15, 0.2) is 35.8 Å². The van der Waals surface area contributed by atoms with Crippen LogP contribution in [-0.4, -0.2) is 10.8 Å². The van der Waals surface area contributed by atoms with E-state index in [4.69, 9.17) is 0 Å². The highest BCUT2D eigenvalue weighted by Gasteiger charge is 2.08. The zero-order chi connectivity index (χ0) is 10.7. The number of pyridine rings is 1. The van der Waals surface area contributed by atoms with Crippen LogP contribution in [0.5, 0.6) is 0 Å². The summed E-state index contributed by atoms with van der Waals surface area (Å²) in [6.45, 7) is 2.04. The SMILES string of the molecule is Cc1cc(CC(=O)c2ccccn2)cs1. The smallest absolute Gasteiger partial charge is 0.185 e. The van der Waals surface area contributed by atoms with Gasteiger partial charge in [0.15, 0.2) is 5.78 Å². The van der Waals surface area contributed by atoms with E-state index in [2.05, 4.69) is 4.98 Å². The van der Waals surface area contributed by atoms with Crippen LogP contribution in [0.25, 0.3) is 0 Å². The summed E-state index contributed by atoms with van der Waals surface area (Å²) in [6.07, 6.45) is 2.09. The molecule has 0 amide bonds. The highest BCUT2D eigenvalue weighted by atomic mass is 32.1. The summed E-state index contributed by atoms with van der Waals surface area (Å²) in [4.78, 5) is 17.0. The number of aromatic nitrogens is 1. The molecular weight excluding hydrogens is 206 g/mol. The molecule has 0 radical (unpaired) electrons. The summed E-state index contributed by atoms with van der Waals surface area (Å²) >= 11 is 1.67. The molecule has 0 aliphatic carbocycles. The van der Waals surface area contributed by atoms with Gasteiger partial charge in [0, 0.05) is 17.5 Å². The molecule has 2 nitrogen and oxygen atoms in total. The molecule has 0 aliphatic rings. The van der Waals surface area contributed by atoms with Crippen molar-refractivity contribution in [1.82, 2.24) is 4.98 Å². The molecule has 0 bridgehead atoms. The number of nitrogens with zero attached hydrogens (tertiary/aromatic N) is 1. The van der Waals surface area contributed by atoms with Gasteiger partial charge < -0.3 is 0 Å². The Kier molecular flexibility index (Phi) is 2.92. The molecule has 0 fully saturated rings. The molecule has 3 heteroatoms. The average Bonchev–Trinajstić information content (AvgIpc) is 2.65. The fourth-order valence-corrected chi connectivity index (χ4v) is 2.10. The first-order valence-corrected chi connectivity index (χ1v) is 5.62. The summed E-state index contributed by atoms with van der Waals surface area (Å²) in [7, 11) is 0. The molecule has 2 aromatic rings. The van der Waals surface area contributed by atoms with Gasteiger partial charge in [0.1, 0.15) is 5.69 Å². The second-order valence-electron chi connectivity index (χ2n) is 3.38. The maximum Gasteiger partial charge on any atom is 0.185 e. The minimum absolute atomic E-state index is 0.0772. The van der Waals surface area contributed by atoms with E-state index in [1.165, 1.54) is 4.88 Å². The van der Waals surface area contributed by atoms with Crippen LogP contribution >= 0.6 is 11.3 Å². The Morgan fingerprint density at radius 2 is 2.33 bits per heavy atom. The maximum absolute atomic E-state index is 11.8. The van der Waals surface area contributed by atoms with Crippen molar-refractivity contribution in [3.63, 3.8) is 0 Å². The molecule has 0 saturated heterocycles. The molecule has 2 aromatic heterocycles. The minimum Gasteiger partial charge on any atom is -0.292 e. The quantitative estimate of drug-likeness (QED) is 0.740. The predicted molar refractivity (Wildman–Crippen MR) is 61.3 cm³/mol. The van der Waals surface area contributed by atoms with Gasteiger partial charge in [-0.25, -0.2) is 0 Å². The number of aryl methyl sites for hydroxylation is 1. The Labute approximate surface area is 92.6 Å². The summed E-state index contributed by atoms with van der Waals surface area (Å²) in [5.41, 5.74) is 1.62. The number of hydrogen-bond acceptors (Lipinski definition) is 3. The lowest BCUT2D eigenvalue weighted by molar-refractivity contribution is 0.0988. The van der Waals surface area contributed by atoms with Gasteiger partial charge in [0.05, 0.1) is 0 Å². The molecule has 0 N–H and O–H groups in total. The van der Waals surface area contributed by atoms with Gasteiger partial charge >= 0.3 is 0 Å². The second kappa shape index (κ2) is 4.36. The third-order valence-corrected chi connectivity index (χ3v) is 3.01. The van der Waals surface area contributed by atoms with Gasteiger partial charge in [-0.2, -0.15) is 0 Å². The molecule has 15 heavy (non-hydrogen) atoms. The highest BCUT2D eigenvalue weighted by Crippen LogP contribution is 2.14. The van der Waals surface area contributed by atoms with E-state index in [1.54, 1.807) is 23.6 Å². The van der Waals surface area contributed by atoms with Crippen molar-refractivity contribution in [3.8, 4) is 0 Å². The Hall–Kier alpha value is -1.48. The number of rotatable bonds is 3. The van der Waals surface area contributed by atoms with E-state index in [9.17, 15) is 4.79 Å². The predicted octanol–water partition coefficient (Wildman–Crippen LogP) is 2.88. The number of Topliss-reactive ketones (excluding diaryl/α,β-unsaturated/α-hetero) is 1. The fraction of sp³-hybridized carbons (Fsp3) is 0.167.